The molecule has 3 aromatic rings. The molecule has 0 saturated carbocycles. The maximum atomic E-state index is 13.5. The minimum absolute atomic E-state index is 0.160. The van der Waals surface area contributed by atoms with Gasteiger partial charge < -0.3 is 9.84 Å². The van der Waals surface area contributed by atoms with E-state index in [2.05, 4.69) is 4.99 Å². The lowest BCUT2D eigenvalue weighted by molar-refractivity contribution is -0.385. The quantitative estimate of drug-likeness (QED) is 0.327. The number of hydrogen-bond acceptors (Lipinski definition) is 8. The number of nitro groups is 1. The fourth-order valence-corrected chi connectivity index (χ4v) is 4.85. The number of ether oxygens (including phenoxy) is 1. The molecule has 0 saturated heterocycles. The smallest absolute Gasteiger partial charge is 0.338 e. The molecule has 4 rings (SSSR count). The maximum absolute atomic E-state index is 13.5. The topological polar surface area (TPSA) is 124 Å². The van der Waals surface area contributed by atoms with Crippen molar-refractivity contribution in [2.45, 2.75) is 19.9 Å². The molecule has 0 aliphatic carbocycles. The fourth-order valence-electron chi connectivity index (χ4n) is 3.68. The van der Waals surface area contributed by atoms with Crippen molar-refractivity contribution in [3.8, 4) is 5.75 Å². The Hall–Kier alpha value is -3.76. The summed E-state index contributed by atoms with van der Waals surface area (Å²) in [7, 11) is 0. The van der Waals surface area contributed by atoms with Crippen LogP contribution in [0.3, 0.4) is 0 Å². The molecule has 1 aliphatic heterocycles. The van der Waals surface area contributed by atoms with Gasteiger partial charge >= 0.3 is 11.7 Å². The van der Waals surface area contributed by atoms with E-state index in [1.54, 1.807) is 38.1 Å². The van der Waals surface area contributed by atoms with Gasteiger partial charge in [0.15, 0.2) is 10.6 Å². The number of allylic oxidation sites excluding steroid dienone is 1. The van der Waals surface area contributed by atoms with Crippen LogP contribution in [-0.2, 0) is 9.53 Å². The minimum atomic E-state index is -0.788. The number of halogens is 1. The lowest BCUT2D eigenvalue weighted by Gasteiger charge is -2.24. The van der Waals surface area contributed by atoms with E-state index in [1.807, 2.05) is 0 Å². The molecular formula is C23H18ClN3O6S. The number of nitro benzene ring substituents is 1. The molecule has 2 aromatic carbocycles. The first-order valence-corrected chi connectivity index (χ1v) is 11.3. The number of aromatic nitrogens is 1. The van der Waals surface area contributed by atoms with Crippen molar-refractivity contribution in [2.24, 2.45) is 4.99 Å². The van der Waals surface area contributed by atoms with Gasteiger partial charge in [0, 0.05) is 11.1 Å². The van der Waals surface area contributed by atoms with E-state index in [0.29, 0.717) is 26.6 Å². The summed E-state index contributed by atoms with van der Waals surface area (Å²) in [5, 5.41) is 21.4. The van der Waals surface area contributed by atoms with Gasteiger partial charge in [0.1, 0.15) is 0 Å². The Morgan fingerprint density at radius 1 is 1.32 bits per heavy atom. The highest BCUT2D eigenvalue weighted by molar-refractivity contribution is 7.07. The molecule has 2 heterocycles. The molecule has 1 aromatic heterocycles. The van der Waals surface area contributed by atoms with Crippen LogP contribution in [0.5, 0.6) is 5.75 Å². The van der Waals surface area contributed by atoms with Crippen LogP contribution in [0.1, 0.15) is 31.0 Å². The Morgan fingerprint density at radius 2 is 2.03 bits per heavy atom. The minimum Gasteiger partial charge on any atom is -0.502 e. The zero-order chi connectivity index (χ0) is 24.6. The van der Waals surface area contributed by atoms with Crippen LogP contribution in [0, 0.1) is 10.1 Å². The summed E-state index contributed by atoms with van der Waals surface area (Å²) in [5.41, 5.74) is 0.776. The predicted octanol–water partition coefficient (Wildman–Crippen LogP) is 3.07. The Labute approximate surface area is 201 Å². The molecule has 11 heteroatoms. The van der Waals surface area contributed by atoms with E-state index in [9.17, 15) is 24.8 Å². The zero-order valence-corrected chi connectivity index (χ0v) is 19.6. The van der Waals surface area contributed by atoms with Crippen LogP contribution in [0.4, 0.5) is 5.69 Å². The normalized spacial score (nSPS) is 15.6. The third kappa shape index (κ3) is 4.25. The number of rotatable bonds is 5. The Kier molecular flexibility index (Phi) is 6.36. The summed E-state index contributed by atoms with van der Waals surface area (Å²) < 4.78 is 6.91. The highest BCUT2D eigenvalue weighted by Gasteiger charge is 2.33. The van der Waals surface area contributed by atoms with Crippen molar-refractivity contribution in [2.75, 3.05) is 6.61 Å². The van der Waals surface area contributed by atoms with Crippen molar-refractivity contribution in [3.05, 3.63) is 99.7 Å². The van der Waals surface area contributed by atoms with E-state index in [4.69, 9.17) is 16.3 Å². The van der Waals surface area contributed by atoms with Crippen molar-refractivity contribution in [3.63, 3.8) is 0 Å². The van der Waals surface area contributed by atoms with Crippen molar-refractivity contribution in [1.29, 1.82) is 0 Å². The average Bonchev–Trinajstić information content (AvgIpc) is 3.09. The monoisotopic (exact) mass is 499 g/mol. The van der Waals surface area contributed by atoms with Crippen LogP contribution in [-0.4, -0.2) is 27.2 Å². The molecule has 0 spiro atoms. The highest BCUT2D eigenvalue weighted by atomic mass is 35.5. The van der Waals surface area contributed by atoms with Gasteiger partial charge in [-0.1, -0.05) is 41.1 Å². The number of nitrogens with zero attached hydrogens (tertiary/aromatic N) is 3. The number of fused-ring (bicyclic) bond motifs is 1. The largest absolute Gasteiger partial charge is 0.502 e. The Morgan fingerprint density at radius 3 is 2.68 bits per heavy atom. The van der Waals surface area contributed by atoms with Crippen LogP contribution in [0.15, 0.2) is 63.5 Å². The van der Waals surface area contributed by atoms with E-state index in [0.717, 1.165) is 11.3 Å². The number of phenols is 1. The van der Waals surface area contributed by atoms with Crippen LogP contribution >= 0.6 is 22.9 Å². The molecule has 1 N–H and O–H groups in total. The van der Waals surface area contributed by atoms with E-state index >= 15 is 0 Å². The molecule has 0 fully saturated rings. The standard InChI is InChI=1S/C23H18ClN3O6S/c1-3-33-22(30)19-12(2)25-23-26(20(19)14-5-7-15(24)8-6-14)21(29)18(34-23)11-13-4-9-17(28)16(10-13)27(31)32/h4-11,20,28H,3H2,1-2H3/b18-11+/t20-/m1/s1. The van der Waals surface area contributed by atoms with Gasteiger partial charge in [0.25, 0.3) is 5.56 Å². The summed E-state index contributed by atoms with van der Waals surface area (Å²) in [6.07, 6.45) is 1.48. The van der Waals surface area contributed by atoms with Gasteiger partial charge in [-0.3, -0.25) is 19.5 Å². The Balaban J connectivity index is 1.94. The van der Waals surface area contributed by atoms with E-state index in [1.165, 1.54) is 28.8 Å². The third-order valence-electron chi connectivity index (χ3n) is 5.20. The second-order valence-electron chi connectivity index (χ2n) is 7.36. The maximum Gasteiger partial charge on any atom is 0.338 e. The van der Waals surface area contributed by atoms with Gasteiger partial charge in [0.05, 0.1) is 33.4 Å². The Bertz CT molecular complexity index is 1520. The zero-order valence-electron chi connectivity index (χ0n) is 18.0. The van der Waals surface area contributed by atoms with Crippen LogP contribution < -0.4 is 14.9 Å². The summed E-state index contributed by atoms with van der Waals surface area (Å²) in [6, 6.07) is 9.84. The predicted molar refractivity (Wildman–Crippen MR) is 127 cm³/mol. The molecule has 1 aliphatic rings. The van der Waals surface area contributed by atoms with Gasteiger partial charge in [-0.05, 0) is 49.2 Å². The summed E-state index contributed by atoms with van der Waals surface area (Å²) in [4.78, 5) is 41.6. The number of carbonyl (C=O) groups excluding carboxylic acids is 1. The molecule has 0 radical (unpaired) electrons. The summed E-state index contributed by atoms with van der Waals surface area (Å²) in [6.45, 7) is 3.53. The number of hydrogen-bond donors (Lipinski definition) is 1. The molecule has 34 heavy (non-hydrogen) atoms. The first-order chi connectivity index (χ1) is 16.2. The van der Waals surface area contributed by atoms with Gasteiger partial charge in [-0.2, -0.15) is 0 Å². The number of carbonyl (C=O) groups is 1. The van der Waals surface area contributed by atoms with E-state index in [-0.39, 0.29) is 16.7 Å². The van der Waals surface area contributed by atoms with Crippen LogP contribution in [0.2, 0.25) is 5.02 Å². The number of esters is 1. The van der Waals surface area contributed by atoms with E-state index < -0.39 is 33.9 Å². The number of phenolic OH excluding ortho intramolecular Hbond substituents is 1. The first-order valence-electron chi connectivity index (χ1n) is 10.1. The fraction of sp³-hybridized carbons (Fsp3) is 0.174. The van der Waals surface area contributed by atoms with Crippen LogP contribution in [0.25, 0.3) is 6.08 Å². The lowest BCUT2D eigenvalue weighted by Crippen LogP contribution is -2.39. The second kappa shape index (κ2) is 9.24. The molecule has 1 atom stereocenters. The molecule has 9 nitrogen and oxygen atoms in total. The molecule has 0 bridgehead atoms. The molecular weight excluding hydrogens is 482 g/mol. The van der Waals surface area contributed by atoms with Crippen molar-refractivity contribution in [1.82, 2.24) is 4.57 Å². The summed E-state index contributed by atoms with van der Waals surface area (Å²) in [5.74, 6) is -1.05. The number of thiazole rings is 1. The lowest BCUT2D eigenvalue weighted by atomic mass is 9.96. The first kappa shape index (κ1) is 23.4. The number of benzene rings is 2. The van der Waals surface area contributed by atoms with Gasteiger partial charge in [-0.25, -0.2) is 9.79 Å². The third-order valence-corrected chi connectivity index (χ3v) is 6.43. The van der Waals surface area contributed by atoms with Gasteiger partial charge in [-0.15, -0.1) is 0 Å². The van der Waals surface area contributed by atoms with Crippen molar-refractivity contribution >= 4 is 40.7 Å². The number of aromatic hydroxyl groups is 1. The SMILES string of the molecule is CCOC(=O)C1=C(C)N=c2s/c(=C/c3ccc(O)c([N+](=O)[O-])c3)c(=O)n2[C@@H]1c1ccc(Cl)cc1. The van der Waals surface area contributed by atoms with Gasteiger partial charge in [0.2, 0.25) is 0 Å². The molecule has 174 valence electrons. The second-order valence-corrected chi connectivity index (χ2v) is 8.80. The highest BCUT2D eigenvalue weighted by Crippen LogP contribution is 2.31. The summed E-state index contributed by atoms with van der Waals surface area (Å²) >= 11 is 7.13. The average molecular weight is 500 g/mol. The molecule has 0 unspecified atom stereocenters. The molecule has 0 amide bonds. The van der Waals surface area contributed by atoms with Crippen molar-refractivity contribution < 1.29 is 19.6 Å².